The zero-order valence-corrected chi connectivity index (χ0v) is 23.4. The molecule has 2 rings (SSSR count). The van der Waals surface area contributed by atoms with Crippen molar-refractivity contribution in [2.75, 3.05) is 20.8 Å². The maximum absolute atomic E-state index is 13.1. The minimum atomic E-state index is -1.81. The van der Waals surface area contributed by atoms with Gasteiger partial charge >= 0.3 is 30.0 Å². The molecule has 0 saturated carbocycles. The summed E-state index contributed by atoms with van der Waals surface area (Å²) in [6, 6.07) is -1.37. The van der Waals surface area contributed by atoms with E-state index in [4.69, 9.17) is 33.2 Å². The van der Waals surface area contributed by atoms with Gasteiger partial charge < -0.3 is 38.5 Å². The van der Waals surface area contributed by atoms with E-state index in [1.54, 1.807) is 41.5 Å². The third-order valence-corrected chi connectivity index (χ3v) is 5.86. The van der Waals surface area contributed by atoms with Crippen molar-refractivity contribution in [3.63, 3.8) is 0 Å². The van der Waals surface area contributed by atoms with Crippen LogP contribution in [0, 0.1) is 5.41 Å². The van der Waals surface area contributed by atoms with Gasteiger partial charge in [-0.05, 0) is 41.5 Å². The van der Waals surface area contributed by atoms with Crippen LogP contribution in [0.15, 0.2) is 0 Å². The van der Waals surface area contributed by atoms with Crippen LogP contribution in [0.3, 0.4) is 0 Å². The Morgan fingerprint density at radius 1 is 1.00 bits per heavy atom. The van der Waals surface area contributed by atoms with Crippen molar-refractivity contribution < 1.29 is 57.1 Å². The number of nitrogens with one attached hydrogen (secondary N) is 1. The van der Waals surface area contributed by atoms with E-state index in [2.05, 4.69) is 5.32 Å². The normalized spacial score (nSPS) is 27.8. The van der Waals surface area contributed by atoms with Crippen LogP contribution in [-0.4, -0.2) is 92.5 Å². The Balaban J connectivity index is 2.41. The molecule has 0 bridgehead atoms. The molecule has 6 atom stereocenters. The Labute approximate surface area is 222 Å². The highest BCUT2D eigenvalue weighted by Gasteiger charge is 2.61. The van der Waals surface area contributed by atoms with E-state index in [1.165, 1.54) is 6.92 Å². The molecular weight excluding hydrogens is 506 g/mol. The number of carbonyl (C=O) groups is 5. The van der Waals surface area contributed by atoms with Crippen LogP contribution >= 0.6 is 0 Å². The second kappa shape index (κ2) is 11.9. The van der Waals surface area contributed by atoms with E-state index in [0.717, 1.165) is 14.2 Å². The molecule has 2 aliphatic rings. The predicted octanol–water partition coefficient (Wildman–Crippen LogP) is 1.43. The predicted molar refractivity (Wildman–Crippen MR) is 129 cm³/mol. The summed E-state index contributed by atoms with van der Waals surface area (Å²) >= 11 is 0. The third kappa shape index (κ3) is 7.79. The first-order valence-electron chi connectivity index (χ1n) is 12.3. The number of methoxy groups -OCH3 is 2. The van der Waals surface area contributed by atoms with Crippen molar-refractivity contribution in [3.05, 3.63) is 0 Å². The number of fused-ring (bicyclic) bond motifs is 1. The molecule has 1 amide bonds. The van der Waals surface area contributed by atoms with Gasteiger partial charge in [-0.3, -0.25) is 9.59 Å². The maximum Gasteiger partial charge on any atom is 0.408 e. The molecule has 38 heavy (non-hydrogen) atoms. The highest BCUT2D eigenvalue weighted by molar-refractivity contribution is 5.85. The number of hydrogen-bond donors (Lipinski definition) is 1. The van der Waals surface area contributed by atoms with E-state index in [9.17, 15) is 24.0 Å². The van der Waals surface area contributed by atoms with Gasteiger partial charge in [-0.2, -0.15) is 0 Å². The van der Waals surface area contributed by atoms with Gasteiger partial charge in [-0.25, -0.2) is 14.4 Å². The van der Waals surface area contributed by atoms with Crippen LogP contribution in [-0.2, 0) is 52.3 Å². The minimum Gasteiger partial charge on any atom is -0.467 e. The van der Waals surface area contributed by atoms with E-state index < -0.39 is 83.5 Å². The van der Waals surface area contributed by atoms with E-state index in [0.29, 0.717) is 0 Å². The molecule has 2 saturated heterocycles. The fourth-order valence-electron chi connectivity index (χ4n) is 4.19. The van der Waals surface area contributed by atoms with Crippen LogP contribution in [0.2, 0.25) is 0 Å². The number of ether oxygens (including phenoxy) is 7. The number of alkyl carbamates (subject to hydrolysis) is 1. The molecule has 0 unspecified atom stereocenters. The number of carbonyl (C=O) groups excluding carboxylic acids is 5. The topological polar surface area (TPSA) is 162 Å². The molecule has 0 aliphatic carbocycles. The summed E-state index contributed by atoms with van der Waals surface area (Å²) in [5.74, 6) is -2.91. The molecule has 1 N–H and O–H groups in total. The van der Waals surface area contributed by atoms with Crippen molar-refractivity contribution in [2.45, 2.75) is 103 Å². The van der Waals surface area contributed by atoms with Crippen LogP contribution in [0.1, 0.15) is 61.3 Å². The third-order valence-electron chi connectivity index (χ3n) is 5.86. The Bertz CT molecular complexity index is 920. The summed E-state index contributed by atoms with van der Waals surface area (Å²) in [5, 5.41) is 2.42. The van der Waals surface area contributed by atoms with Crippen molar-refractivity contribution in [2.24, 2.45) is 5.41 Å². The fraction of sp³-hybridized carbons (Fsp3) is 0.800. The number of rotatable bonds is 7. The van der Waals surface area contributed by atoms with Crippen molar-refractivity contribution in [3.8, 4) is 0 Å². The summed E-state index contributed by atoms with van der Waals surface area (Å²) in [5.41, 5.74) is -3.55. The fourth-order valence-corrected chi connectivity index (χ4v) is 4.19. The van der Waals surface area contributed by atoms with Crippen molar-refractivity contribution >= 4 is 30.0 Å². The minimum absolute atomic E-state index is 0.107. The molecule has 2 heterocycles. The highest BCUT2D eigenvalue weighted by atomic mass is 16.7. The summed E-state index contributed by atoms with van der Waals surface area (Å²) in [4.78, 5) is 62.6. The van der Waals surface area contributed by atoms with Gasteiger partial charge in [0.2, 0.25) is 0 Å². The lowest BCUT2D eigenvalue weighted by molar-refractivity contribution is -0.223. The average Bonchev–Trinajstić information content (AvgIpc) is 3.16. The Morgan fingerprint density at radius 2 is 1.63 bits per heavy atom. The average molecular weight is 546 g/mol. The van der Waals surface area contributed by atoms with Crippen LogP contribution < -0.4 is 5.32 Å². The molecule has 0 aromatic rings. The zero-order valence-electron chi connectivity index (χ0n) is 23.4. The van der Waals surface area contributed by atoms with Crippen LogP contribution in [0.5, 0.6) is 0 Å². The van der Waals surface area contributed by atoms with E-state index in [1.807, 2.05) is 0 Å². The molecule has 0 spiro atoms. The van der Waals surface area contributed by atoms with Crippen molar-refractivity contribution in [1.82, 2.24) is 5.32 Å². The maximum atomic E-state index is 13.1. The molecule has 0 radical (unpaired) electrons. The van der Waals surface area contributed by atoms with E-state index >= 15 is 0 Å². The van der Waals surface area contributed by atoms with Gasteiger partial charge in [0, 0.05) is 19.8 Å². The Hall–Kier alpha value is -2.93. The molecular formula is C25H39NO12. The van der Waals surface area contributed by atoms with E-state index in [-0.39, 0.29) is 13.0 Å². The molecule has 0 aromatic heterocycles. The standard InChI is InChI=1S/C25H39NO12/c1-13(27)35-16-12-34-15-11-25(21(30)33-9,37-18(15)17(16)36-20(29)23(2,3)4)10-14(19(28)32-8)26-22(31)38-24(5,6)7/h14-18H,10-12H2,1-9H3,(H,26,31)/t14-,15+,16-,17+,18-,25+/m0/s1. The second-order valence-corrected chi connectivity index (χ2v) is 11.3. The van der Waals surface area contributed by atoms with Crippen molar-refractivity contribution in [1.29, 1.82) is 0 Å². The largest absolute Gasteiger partial charge is 0.467 e. The quantitative estimate of drug-likeness (QED) is 0.362. The summed E-state index contributed by atoms with van der Waals surface area (Å²) < 4.78 is 38.2. The smallest absolute Gasteiger partial charge is 0.408 e. The number of amides is 1. The van der Waals surface area contributed by atoms with Gasteiger partial charge in [-0.15, -0.1) is 0 Å². The van der Waals surface area contributed by atoms with Crippen LogP contribution in [0.4, 0.5) is 4.79 Å². The molecule has 2 fully saturated rings. The highest BCUT2D eigenvalue weighted by Crippen LogP contribution is 2.43. The first kappa shape index (κ1) is 31.3. The van der Waals surface area contributed by atoms with Gasteiger partial charge in [0.25, 0.3) is 0 Å². The number of hydrogen-bond acceptors (Lipinski definition) is 12. The lowest BCUT2D eigenvalue weighted by Crippen LogP contribution is -2.56. The monoisotopic (exact) mass is 545 g/mol. The summed E-state index contributed by atoms with van der Waals surface area (Å²) in [7, 11) is 2.27. The molecule has 13 nitrogen and oxygen atoms in total. The zero-order chi connectivity index (χ0) is 29.1. The molecule has 216 valence electrons. The molecule has 13 heteroatoms. The van der Waals surface area contributed by atoms with Gasteiger partial charge in [0.1, 0.15) is 17.7 Å². The van der Waals surface area contributed by atoms with Gasteiger partial charge in [-0.1, -0.05) is 0 Å². The SMILES string of the molecule is COC(=O)[C@H](C[C@]1(C(=O)OC)C[C@H]2OC[C@H](OC(C)=O)[C@@H](OC(=O)C(C)(C)C)[C@H]2O1)NC(=O)OC(C)(C)C. The second-order valence-electron chi connectivity index (χ2n) is 11.3. The summed E-state index contributed by atoms with van der Waals surface area (Å²) in [6.45, 7) is 11.0. The van der Waals surface area contributed by atoms with Gasteiger partial charge in [0.15, 0.2) is 17.8 Å². The lowest BCUT2D eigenvalue weighted by Gasteiger charge is -2.38. The Morgan fingerprint density at radius 3 is 2.13 bits per heavy atom. The first-order chi connectivity index (χ1) is 17.4. The lowest BCUT2D eigenvalue weighted by atomic mass is 9.89. The van der Waals surface area contributed by atoms with Gasteiger partial charge in [0.05, 0.1) is 32.3 Å². The first-order valence-corrected chi connectivity index (χ1v) is 12.3. The summed E-state index contributed by atoms with van der Waals surface area (Å²) in [6.07, 6.45) is -5.40. The molecule has 2 aliphatic heterocycles. The molecule has 0 aromatic carbocycles. The Kier molecular flexibility index (Phi) is 9.76. The van der Waals surface area contributed by atoms with Crippen LogP contribution in [0.25, 0.3) is 0 Å². The number of esters is 4.